The first-order chi connectivity index (χ1) is 11.4. The van der Waals surface area contributed by atoms with E-state index in [4.69, 9.17) is 4.74 Å². The Kier molecular flexibility index (Phi) is 4.44. The predicted molar refractivity (Wildman–Crippen MR) is 99.4 cm³/mol. The number of nitrogens with one attached hydrogen (secondary N) is 1. The molecule has 0 aliphatic heterocycles. The molecule has 0 unspecified atom stereocenters. The first-order valence-corrected chi connectivity index (χ1v) is 8.56. The minimum Gasteiger partial charge on any atom is -0.461 e. The topological polar surface area (TPSA) is 76.5 Å². The Bertz CT molecular complexity index is 1000. The number of hydrogen-bond acceptors (Lipinski definition) is 4. The Morgan fingerprint density at radius 2 is 2.08 bits per heavy atom. The second kappa shape index (κ2) is 6.39. The predicted octanol–water partition coefficient (Wildman–Crippen LogP) is 3.09. The summed E-state index contributed by atoms with van der Waals surface area (Å²) in [4.78, 5) is 27.3. The van der Waals surface area contributed by atoms with Crippen molar-refractivity contribution in [2.75, 3.05) is 6.61 Å². The lowest BCUT2D eigenvalue weighted by molar-refractivity contribution is 0.0518. The third-order valence-electron chi connectivity index (χ3n) is 3.85. The lowest BCUT2D eigenvalue weighted by atomic mass is 10.0. The summed E-state index contributed by atoms with van der Waals surface area (Å²) in [6.45, 7) is 6.04. The average Bonchev–Trinajstić information content (AvgIpc) is 2.87. The van der Waals surface area contributed by atoms with Crippen LogP contribution >= 0.6 is 22.6 Å². The number of esters is 1. The van der Waals surface area contributed by atoms with Crippen LogP contribution in [-0.4, -0.2) is 27.2 Å². The van der Waals surface area contributed by atoms with Crippen LogP contribution in [0.5, 0.6) is 0 Å². The number of nitrogens with zero attached hydrogens (tertiary/aromatic N) is 2. The minimum atomic E-state index is -0.530. The van der Waals surface area contributed by atoms with Crippen molar-refractivity contribution >= 4 is 34.1 Å². The Morgan fingerprint density at radius 1 is 1.33 bits per heavy atom. The summed E-state index contributed by atoms with van der Waals surface area (Å²) in [7, 11) is 0. The number of halogens is 1. The Balaban J connectivity index is 2.18. The number of benzene rings is 1. The molecule has 0 bridgehead atoms. The standard InChI is InChI=1S/C17H16IN3O3/c1-4-24-17(23)14-13(18)15-16(22)19-12(8-21(15)20-14)11-6-5-9(2)10(3)7-11/h5-8H,4H2,1-3H3,(H,19,22). The van der Waals surface area contributed by atoms with Gasteiger partial charge in [-0.1, -0.05) is 12.1 Å². The zero-order chi connectivity index (χ0) is 17.4. The highest BCUT2D eigenvalue weighted by Crippen LogP contribution is 2.22. The van der Waals surface area contributed by atoms with E-state index >= 15 is 0 Å². The van der Waals surface area contributed by atoms with Crippen molar-refractivity contribution < 1.29 is 9.53 Å². The summed E-state index contributed by atoms with van der Waals surface area (Å²) in [5, 5.41) is 4.23. The lowest BCUT2D eigenvalue weighted by Crippen LogP contribution is -2.11. The number of carbonyl (C=O) groups is 1. The molecule has 0 spiro atoms. The highest BCUT2D eigenvalue weighted by atomic mass is 127. The monoisotopic (exact) mass is 437 g/mol. The number of carbonyl (C=O) groups excluding carboxylic acids is 1. The first kappa shape index (κ1) is 16.7. The molecule has 6 nitrogen and oxygen atoms in total. The molecule has 3 rings (SSSR count). The molecule has 124 valence electrons. The SMILES string of the molecule is CCOC(=O)c1nn2cc(-c3ccc(C)c(C)c3)[nH]c(=O)c2c1I. The van der Waals surface area contributed by atoms with Crippen LogP contribution in [0, 0.1) is 17.4 Å². The zero-order valence-electron chi connectivity index (χ0n) is 13.5. The summed E-state index contributed by atoms with van der Waals surface area (Å²) in [6, 6.07) is 5.96. The van der Waals surface area contributed by atoms with Gasteiger partial charge < -0.3 is 9.72 Å². The number of rotatable bonds is 3. The van der Waals surface area contributed by atoms with E-state index in [-0.39, 0.29) is 17.9 Å². The van der Waals surface area contributed by atoms with Gasteiger partial charge in [-0.25, -0.2) is 9.31 Å². The van der Waals surface area contributed by atoms with Crippen LogP contribution in [0.25, 0.3) is 16.8 Å². The fourth-order valence-electron chi connectivity index (χ4n) is 2.43. The van der Waals surface area contributed by atoms with Crippen molar-refractivity contribution in [3.05, 3.63) is 55.1 Å². The molecule has 1 N–H and O–H groups in total. The normalized spacial score (nSPS) is 11.0. The molecule has 0 fully saturated rings. The lowest BCUT2D eigenvalue weighted by Gasteiger charge is -2.06. The van der Waals surface area contributed by atoms with Crippen LogP contribution in [-0.2, 0) is 4.74 Å². The molecular formula is C17H16IN3O3. The van der Waals surface area contributed by atoms with Crippen LogP contribution in [0.15, 0.2) is 29.2 Å². The van der Waals surface area contributed by atoms with Gasteiger partial charge in [0.15, 0.2) is 5.69 Å². The number of aryl methyl sites for hydroxylation is 2. The van der Waals surface area contributed by atoms with E-state index in [1.807, 2.05) is 54.6 Å². The van der Waals surface area contributed by atoms with Crippen LogP contribution in [0.4, 0.5) is 0 Å². The minimum absolute atomic E-state index is 0.153. The summed E-state index contributed by atoms with van der Waals surface area (Å²) in [5.74, 6) is -0.530. The quantitative estimate of drug-likeness (QED) is 0.505. The number of fused-ring (bicyclic) bond motifs is 1. The summed E-state index contributed by atoms with van der Waals surface area (Å²) in [6.07, 6.45) is 1.71. The molecule has 0 amide bonds. The van der Waals surface area contributed by atoms with Crippen LogP contribution in [0.3, 0.4) is 0 Å². The molecule has 24 heavy (non-hydrogen) atoms. The van der Waals surface area contributed by atoms with Gasteiger partial charge in [0.25, 0.3) is 5.56 Å². The summed E-state index contributed by atoms with van der Waals surface area (Å²) < 4.78 is 6.92. The second-order valence-corrected chi connectivity index (χ2v) is 6.55. The Labute approximate surface area is 152 Å². The van der Waals surface area contributed by atoms with E-state index in [2.05, 4.69) is 10.1 Å². The van der Waals surface area contributed by atoms with Crippen molar-refractivity contribution in [2.45, 2.75) is 20.8 Å². The van der Waals surface area contributed by atoms with E-state index < -0.39 is 5.97 Å². The van der Waals surface area contributed by atoms with Gasteiger partial charge in [-0.3, -0.25) is 4.79 Å². The fraction of sp³-hybridized carbons (Fsp3) is 0.235. The molecule has 7 heteroatoms. The highest BCUT2D eigenvalue weighted by molar-refractivity contribution is 14.1. The summed E-state index contributed by atoms with van der Waals surface area (Å²) >= 11 is 1.95. The van der Waals surface area contributed by atoms with Crippen LogP contribution < -0.4 is 5.56 Å². The van der Waals surface area contributed by atoms with Crippen molar-refractivity contribution in [3.63, 3.8) is 0 Å². The second-order valence-electron chi connectivity index (χ2n) is 5.47. The van der Waals surface area contributed by atoms with Gasteiger partial charge in [0, 0.05) is 0 Å². The molecule has 0 saturated heterocycles. The molecule has 0 aliphatic carbocycles. The van der Waals surface area contributed by atoms with Gasteiger partial charge in [-0.2, -0.15) is 5.10 Å². The van der Waals surface area contributed by atoms with Crippen molar-refractivity contribution in [1.29, 1.82) is 0 Å². The number of H-pyrrole nitrogens is 1. The molecule has 0 atom stereocenters. The summed E-state index contributed by atoms with van der Waals surface area (Å²) in [5.41, 5.74) is 4.05. The van der Waals surface area contributed by atoms with Gasteiger partial charge in [-0.15, -0.1) is 0 Å². The van der Waals surface area contributed by atoms with Gasteiger partial charge in [-0.05, 0) is 66.1 Å². The van der Waals surface area contributed by atoms with E-state index in [0.717, 1.165) is 11.1 Å². The van der Waals surface area contributed by atoms with Gasteiger partial charge in [0.2, 0.25) is 0 Å². The van der Waals surface area contributed by atoms with Crippen LogP contribution in [0.2, 0.25) is 0 Å². The maximum Gasteiger partial charge on any atom is 0.359 e. The highest BCUT2D eigenvalue weighted by Gasteiger charge is 2.21. The molecule has 3 aromatic rings. The smallest absolute Gasteiger partial charge is 0.359 e. The van der Waals surface area contributed by atoms with E-state index in [0.29, 0.717) is 14.8 Å². The molecule has 0 saturated carbocycles. The van der Waals surface area contributed by atoms with E-state index in [9.17, 15) is 9.59 Å². The third-order valence-corrected chi connectivity index (χ3v) is 4.88. The van der Waals surface area contributed by atoms with E-state index in [1.165, 1.54) is 10.1 Å². The van der Waals surface area contributed by atoms with Crippen molar-refractivity contribution in [1.82, 2.24) is 14.6 Å². The van der Waals surface area contributed by atoms with Gasteiger partial charge in [0.1, 0.15) is 5.52 Å². The fourth-order valence-corrected chi connectivity index (χ4v) is 3.25. The maximum atomic E-state index is 12.5. The number of hydrogen-bond donors (Lipinski definition) is 1. The van der Waals surface area contributed by atoms with Crippen molar-refractivity contribution in [2.24, 2.45) is 0 Å². The Morgan fingerprint density at radius 3 is 2.75 bits per heavy atom. The Hall–Kier alpha value is -2.16. The zero-order valence-corrected chi connectivity index (χ0v) is 15.7. The molecular weight excluding hydrogens is 421 g/mol. The number of aromatic amines is 1. The maximum absolute atomic E-state index is 12.5. The number of aromatic nitrogens is 3. The molecule has 2 heterocycles. The van der Waals surface area contributed by atoms with Gasteiger partial charge >= 0.3 is 5.97 Å². The molecule has 2 aromatic heterocycles. The molecule has 0 aliphatic rings. The number of ether oxygens (including phenoxy) is 1. The first-order valence-electron chi connectivity index (χ1n) is 7.48. The third kappa shape index (κ3) is 2.83. The van der Waals surface area contributed by atoms with Crippen molar-refractivity contribution in [3.8, 4) is 11.3 Å². The van der Waals surface area contributed by atoms with Crippen LogP contribution in [0.1, 0.15) is 28.5 Å². The molecule has 1 aromatic carbocycles. The van der Waals surface area contributed by atoms with Gasteiger partial charge in [0.05, 0.1) is 22.1 Å². The molecule has 0 radical (unpaired) electrons. The largest absolute Gasteiger partial charge is 0.461 e. The average molecular weight is 437 g/mol. The van der Waals surface area contributed by atoms with E-state index in [1.54, 1.807) is 13.1 Å².